The molecule has 0 aliphatic heterocycles. The number of sulfone groups is 1. The minimum absolute atomic E-state index is 0.0967. The van der Waals surface area contributed by atoms with E-state index in [4.69, 9.17) is 0 Å². The topological polar surface area (TPSA) is 75.3 Å². The second kappa shape index (κ2) is 6.68. The average Bonchev–Trinajstić information content (AvgIpc) is 2.28. The minimum Gasteiger partial charge on any atom is -0.326 e. The molecule has 106 valence electrons. The van der Waals surface area contributed by atoms with E-state index >= 15 is 0 Å². The van der Waals surface area contributed by atoms with Crippen molar-refractivity contribution < 1.29 is 13.2 Å². The van der Waals surface area contributed by atoms with Crippen molar-refractivity contribution in [2.45, 2.75) is 31.2 Å². The summed E-state index contributed by atoms with van der Waals surface area (Å²) in [6.45, 7) is 4.74. The number of rotatable bonds is 6. The van der Waals surface area contributed by atoms with Crippen molar-refractivity contribution in [3.8, 4) is 0 Å². The van der Waals surface area contributed by atoms with E-state index in [9.17, 15) is 13.2 Å². The van der Waals surface area contributed by atoms with Crippen molar-refractivity contribution >= 4 is 21.4 Å². The highest BCUT2D eigenvalue weighted by atomic mass is 32.2. The molecule has 0 saturated heterocycles. The van der Waals surface area contributed by atoms with Crippen LogP contribution < -0.4 is 10.6 Å². The first-order chi connectivity index (χ1) is 8.82. The van der Waals surface area contributed by atoms with Crippen LogP contribution in [0.1, 0.15) is 20.3 Å². The molecule has 0 saturated carbocycles. The fourth-order valence-corrected chi connectivity index (χ4v) is 2.33. The molecule has 1 amide bonds. The number of carbonyl (C=O) groups is 1. The number of anilines is 1. The summed E-state index contributed by atoms with van der Waals surface area (Å²) in [5.74, 6) is -0.0967. The first-order valence-electron chi connectivity index (χ1n) is 6.16. The third-order valence-corrected chi connectivity index (χ3v) is 3.74. The minimum atomic E-state index is -3.20. The summed E-state index contributed by atoms with van der Waals surface area (Å²) in [4.78, 5) is 12.0. The Morgan fingerprint density at radius 2 is 1.84 bits per heavy atom. The van der Waals surface area contributed by atoms with Gasteiger partial charge in [0.1, 0.15) is 0 Å². The number of hydrogen-bond donors (Lipinski definition) is 2. The highest BCUT2D eigenvalue weighted by Crippen LogP contribution is 2.14. The summed E-state index contributed by atoms with van der Waals surface area (Å²) in [5.41, 5.74) is 0.598. The van der Waals surface area contributed by atoms with E-state index in [0.29, 0.717) is 12.1 Å². The Kier molecular flexibility index (Phi) is 5.50. The predicted molar refractivity (Wildman–Crippen MR) is 75.9 cm³/mol. The molecule has 0 bridgehead atoms. The standard InChI is InChI=1S/C13H20N2O3S/c1-4-14-10(2)9-13(16)15-11-5-7-12(8-6-11)19(3,17)18/h5-8,10,14H,4,9H2,1-3H3,(H,15,16). The molecule has 0 aromatic heterocycles. The second-order valence-electron chi connectivity index (χ2n) is 4.51. The Hall–Kier alpha value is -1.40. The zero-order valence-corrected chi connectivity index (χ0v) is 12.3. The van der Waals surface area contributed by atoms with Gasteiger partial charge in [-0.15, -0.1) is 0 Å². The highest BCUT2D eigenvalue weighted by Gasteiger charge is 2.09. The van der Waals surface area contributed by atoms with Crippen LogP contribution in [-0.2, 0) is 14.6 Å². The SMILES string of the molecule is CCNC(C)CC(=O)Nc1ccc(S(C)(=O)=O)cc1. The Labute approximate surface area is 114 Å². The molecule has 2 N–H and O–H groups in total. The van der Waals surface area contributed by atoms with Crippen molar-refractivity contribution in [2.75, 3.05) is 18.1 Å². The lowest BCUT2D eigenvalue weighted by Gasteiger charge is -2.12. The zero-order valence-electron chi connectivity index (χ0n) is 11.4. The number of amides is 1. The van der Waals surface area contributed by atoms with Crippen LogP contribution in [0.4, 0.5) is 5.69 Å². The molecule has 1 atom stereocenters. The number of benzene rings is 1. The van der Waals surface area contributed by atoms with Crippen LogP contribution in [0.25, 0.3) is 0 Å². The van der Waals surface area contributed by atoms with Crippen molar-refractivity contribution in [2.24, 2.45) is 0 Å². The molecule has 1 rings (SSSR count). The summed E-state index contributed by atoms with van der Waals surface area (Å²) in [6, 6.07) is 6.26. The van der Waals surface area contributed by atoms with Gasteiger partial charge < -0.3 is 10.6 Å². The Morgan fingerprint density at radius 1 is 1.26 bits per heavy atom. The van der Waals surface area contributed by atoms with Gasteiger partial charge in [0.2, 0.25) is 5.91 Å². The van der Waals surface area contributed by atoms with E-state index < -0.39 is 9.84 Å². The van der Waals surface area contributed by atoms with Crippen molar-refractivity contribution in [1.29, 1.82) is 0 Å². The summed E-state index contributed by atoms with van der Waals surface area (Å²) < 4.78 is 22.6. The number of nitrogens with one attached hydrogen (secondary N) is 2. The number of hydrogen-bond acceptors (Lipinski definition) is 4. The summed E-state index contributed by atoms with van der Waals surface area (Å²) in [7, 11) is -3.20. The molecule has 19 heavy (non-hydrogen) atoms. The quantitative estimate of drug-likeness (QED) is 0.828. The van der Waals surface area contributed by atoms with Gasteiger partial charge in [-0.05, 0) is 37.7 Å². The predicted octanol–water partition coefficient (Wildman–Crippen LogP) is 1.42. The van der Waals surface area contributed by atoms with Crippen LogP contribution in [-0.4, -0.2) is 33.2 Å². The van der Waals surface area contributed by atoms with Crippen LogP contribution in [0.3, 0.4) is 0 Å². The molecule has 5 nitrogen and oxygen atoms in total. The van der Waals surface area contributed by atoms with Gasteiger partial charge in [0.15, 0.2) is 9.84 Å². The maximum atomic E-state index is 11.7. The Morgan fingerprint density at radius 3 is 2.32 bits per heavy atom. The van der Waals surface area contributed by atoms with Crippen LogP contribution in [0.5, 0.6) is 0 Å². The van der Waals surface area contributed by atoms with Gasteiger partial charge in [-0.1, -0.05) is 6.92 Å². The third-order valence-electron chi connectivity index (χ3n) is 2.61. The monoisotopic (exact) mass is 284 g/mol. The first-order valence-corrected chi connectivity index (χ1v) is 8.05. The average molecular weight is 284 g/mol. The molecular formula is C13H20N2O3S. The number of carbonyl (C=O) groups excluding carboxylic acids is 1. The van der Waals surface area contributed by atoms with E-state index in [1.165, 1.54) is 12.1 Å². The Bertz CT molecular complexity index is 523. The molecule has 0 heterocycles. The summed E-state index contributed by atoms with van der Waals surface area (Å²) >= 11 is 0. The van der Waals surface area contributed by atoms with Crippen LogP contribution in [0, 0.1) is 0 Å². The molecule has 1 aromatic rings. The molecule has 0 aliphatic carbocycles. The van der Waals surface area contributed by atoms with E-state index in [1.807, 2.05) is 13.8 Å². The van der Waals surface area contributed by atoms with Crippen LogP contribution in [0.15, 0.2) is 29.2 Å². The molecule has 1 unspecified atom stereocenters. The smallest absolute Gasteiger partial charge is 0.225 e. The van der Waals surface area contributed by atoms with E-state index in [2.05, 4.69) is 10.6 Å². The summed E-state index contributed by atoms with van der Waals surface area (Å²) in [6.07, 6.45) is 1.53. The maximum absolute atomic E-state index is 11.7. The second-order valence-corrected chi connectivity index (χ2v) is 6.52. The normalized spacial score (nSPS) is 13.0. The van der Waals surface area contributed by atoms with Crippen molar-refractivity contribution in [3.63, 3.8) is 0 Å². The molecule has 1 aromatic carbocycles. The van der Waals surface area contributed by atoms with E-state index in [-0.39, 0.29) is 16.8 Å². The summed E-state index contributed by atoms with van der Waals surface area (Å²) in [5, 5.41) is 5.89. The van der Waals surface area contributed by atoms with Crippen molar-refractivity contribution in [3.05, 3.63) is 24.3 Å². The molecular weight excluding hydrogens is 264 g/mol. The van der Waals surface area contributed by atoms with Crippen molar-refractivity contribution in [1.82, 2.24) is 5.32 Å². The van der Waals surface area contributed by atoms with Crippen LogP contribution >= 0.6 is 0 Å². The van der Waals surface area contributed by atoms with Gasteiger partial charge in [0, 0.05) is 24.4 Å². The van der Waals surface area contributed by atoms with E-state index in [0.717, 1.165) is 12.8 Å². The lowest BCUT2D eigenvalue weighted by Crippen LogP contribution is -2.30. The molecule has 0 fully saturated rings. The fourth-order valence-electron chi connectivity index (χ4n) is 1.70. The molecule has 0 aliphatic rings. The molecule has 6 heteroatoms. The Balaban J connectivity index is 2.61. The maximum Gasteiger partial charge on any atom is 0.225 e. The van der Waals surface area contributed by atoms with Gasteiger partial charge >= 0.3 is 0 Å². The van der Waals surface area contributed by atoms with E-state index in [1.54, 1.807) is 12.1 Å². The van der Waals surface area contributed by atoms with Gasteiger partial charge in [-0.3, -0.25) is 4.79 Å². The highest BCUT2D eigenvalue weighted by molar-refractivity contribution is 7.90. The van der Waals surface area contributed by atoms with Gasteiger partial charge in [-0.25, -0.2) is 8.42 Å². The zero-order chi connectivity index (χ0) is 14.5. The van der Waals surface area contributed by atoms with Crippen LogP contribution in [0.2, 0.25) is 0 Å². The van der Waals surface area contributed by atoms with Gasteiger partial charge in [0.25, 0.3) is 0 Å². The lowest BCUT2D eigenvalue weighted by molar-refractivity contribution is -0.116. The molecule has 0 radical (unpaired) electrons. The lowest BCUT2D eigenvalue weighted by atomic mass is 10.2. The largest absolute Gasteiger partial charge is 0.326 e. The first kappa shape index (κ1) is 15.7. The van der Waals surface area contributed by atoms with Gasteiger partial charge in [-0.2, -0.15) is 0 Å². The fraction of sp³-hybridized carbons (Fsp3) is 0.462. The molecule has 0 spiro atoms. The third kappa shape index (κ3) is 5.40. The van der Waals surface area contributed by atoms with Gasteiger partial charge in [0.05, 0.1) is 4.90 Å².